The summed E-state index contributed by atoms with van der Waals surface area (Å²) in [4.78, 5) is 23.6. The molecule has 0 aliphatic heterocycles. The van der Waals surface area contributed by atoms with Crippen molar-refractivity contribution < 1.29 is 19.1 Å². The highest BCUT2D eigenvalue weighted by molar-refractivity contribution is 6.35. The Kier molecular flexibility index (Phi) is 8.23. The van der Waals surface area contributed by atoms with E-state index >= 15 is 0 Å². The van der Waals surface area contributed by atoms with E-state index in [-0.39, 0.29) is 19.6 Å². The van der Waals surface area contributed by atoms with Gasteiger partial charge in [0.2, 0.25) is 0 Å². The summed E-state index contributed by atoms with van der Waals surface area (Å²) in [5, 5.41) is 4.08. The molecule has 0 saturated heterocycles. The number of carbonyl (C=O) groups excluding carboxylic acids is 2. The van der Waals surface area contributed by atoms with E-state index in [0.29, 0.717) is 32.9 Å². The van der Waals surface area contributed by atoms with Gasteiger partial charge in [0.05, 0.1) is 11.6 Å². The summed E-state index contributed by atoms with van der Waals surface area (Å²) in [5.74, 6) is -0.428. The van der Waals surface area contributed by atoms with E-state index in [1.807, 2.05) is 6.92 Å². The van der Waals surface area contributed by atoms with Crippen LogP contribution in [0.25, 0.3) is 0 Å². The van der Waals surface area contributed by atoms with Crippen LogP contribution in [0.15, 0.2) is 36.4 Å². The number of esters is 1. The molecule has 0 aromatic heterocycles. The van der Waals surface area contributed by atoms with Crippen molar-refractivity contribution in [3.8, 4) is 5.75 Å². The number of amides is 1. The SMILES string of the molecule is Cc1ccc(Cl)cc1NC(=O)COC(=O)CCCOc1ccc(Cl)cc1Cl. The summed E-state index contributed by atoms with van der Waals surface area (Å²) in [5.41, 5.74) is 1.44. The zero-order chi connectivity index (χ0) is 19.8. The molecule has 2 rings (SSSR count). The van der Waals surface area contributed by atoms with Crippen molar-refractivity contribution in [3.63, 3.8) is 0 Å². The smallest absolute Gasteiger partial charge is 0.306 e. The third-order valence-electron chi connectivity index (χ3n) is 3.51. The predicted octanol–water partition coefficient (Wildman–Crippen LogP) is 5.30. The summed E-state index contributed by atoms with van der Waals surface area (Å²) in [7, 11) is 0. The number of anilines is 1. The van der Waals surface area contributed by atoms with Gasteiger partial charge in [-0.2, -0.15) is 0 Å². The number of hydrogen-bond acceptors (Lipinski definition) is 4. The van der Waals surface area contributed by atoms with Crippen LogP contribution in [0.3, 0.4) is 0 Å². The number of aryl methyl sites for hydroxylation is 1. The van der Waals surface area contributed by atoms with Crippen LogP contribution in [0.1, 0.15) is 18.4 Å². The third-order valence-corrected chi connectivity index (χ3v) is 4.28. The highest BCUT2D eigenvalue weighted by Crippen LogP contribution is 2.27. The Bertz CT molecular complexity index is 827. The lowest BCUT2D eigenvalue weighted by Gasteiger charge is -2.10. The number of rotatable bonds is 8. The van der Waals surface area contributed by atoms with E-state index in [9.17, 15) is 9.59 Å². The van der Waals surface area contributed by atoms with Gasteiger partial charge in [-0.05, 0) is 49.2 Å². The van der Waals surface area contributed by atoms with Crippen LogP contribution in [0, 0.1) is 6.92 Å². The molecule has 1 amide bonds. The van der Waals surface area contributed by atoms with Crippen LogP contribution >= 0.6 is 34.8 Å². The standard InChI is InChI=1S/C19H18Cl3NO4/c1-12-4-5-14(21)10-16(12)23-18(24)11-27-19(25)3-2-8-26-17-7-6-13(20)9-15(17)22/h4-7,9-10H,2-3,8,11H2,1H3,(H,23,24). The summed E-state index contributed by atoms with van der Waals surface area (Å²) in [6, 6.07) is 10.0. The van der Waals surface area contributed by atoms with Crippen molar-refractivity contribution in [2.24, 2.45) is 0 Å². The first-order valence-electron chi connectivity index (χ1n) is 8.14. The highest BCUT2D eigenvalue weighted by atomic mass is 35.5. The first-order valence-corrected chi connectivity index (χ1v) is 9.28. The van der Waals surface area contributed by atoms with E-state index in [0.717, 1.165) is 5.56 Å². The molecule has 27 heavy (non-hydrogen) atoms. The molecule has 0 unspecified atom stereocenters. The molecular weight excluding hydrogens is 413 g/mol. The molecule has 5 nitrogen and oxygen atoms in total. The largest absolute Gasteiger partial charge is 0.492 e. The Morgan fingerprint density at radius 3 is 2.48 bits per heavy atom. The van der Waals surface area contributed by atoms with Gasteiger partial charge in [-0.3, -0.25) is 9.59 Å². The summed E-state index contributed by atoms with van der Waals surface area (Å²) in [6.45, 7) is 1.75. The molecule has 2 aromatic rings. The third kappa shape index (κ3) is 7.29. The van der Waals surface area contributed by atoms with Gasteiger partial charge in [0, 0.05) is 22.2 Å². The van der Waals surface area contributed by atoms with Crippen LogP contribution in [-0.4, -0.2) is 25.1 Å². The summed E-state index contributed by atoms with van der Waals surface area (Å²) < 4.78 is 10.4. The average Bonchev–Trinajstić information content (AvgIpc) is 2.61. The van der Waals surface area contributed by atoms with E-state index in [1.54, 1.807) is 36.4 Å². The molecule has 0 radical (unpaired) electrons. The summed E-state index contributed by atoms with van der Waals surface area (Å²) in [6.07, 6.45) is 0.543. The monoisotopic (exact) mass is 429 g/mol. The molecule has 144 valence electrons. The number of hydrogen-bond donors (Lipinski definition) is 1. The van der Waals surface area contributed by atoms with Gasteiger partial charge in [-0.1, -0.05) is 40.9 Å². The van der Waals surface area contributed by atoms with Gasteiger partial charge >= 0.3 is 5.97 Å². The minimum Gasteiger partial charge on any atom is -0.492 e. The van der Waals surface area contributed by atoms with Crippen LogP contribution < -0.4 is 10.1 Å². The van der Waals surface area contributed by atoms with Gasteiger partial charge < -0.3 is 14.8 Å². The number of carbonyl (C=O) groups is 2. The van der Waals surface area contributed by atoms with E-state index in [4.69, 9.17) is 44.3 Å². The van der Waals surface area contributed by atoms with Crippen LogP contribution in [-0.2, 0) is 14.3 Å². The van der Waals surface area contributed by atoms with Gasteiger partial charge in [0.15, 0.2) is 6.61 Å². The highest BCUT2D eigenvalue weighted by Gasteiger charge is 2.10. The quantitative estimate of drug-likeness (QED) is 0.456. The molecule has 0 spiro atoms. The lowest BCUT2D eigenvalue weighted by atomic mass is 10.2. The lowest BCUT2D eigenvalue weighted by Crippen LogP contribution is -2.21. The zero-order valence-electron chi connectivity index (χ0n) is 14.6. The van der Waals surface area contributed by atoms with Crippen molar-refractivity contribution >= 4 is 52.4 Å². The molecule has 2 aromatic carbocycles. The second-order valence-corrected chi connectivity index (χ2v) is 6.97. The normalized spacial score (nSPS) is 10.4. The fraction of sp³-hybridized carbons (Fsp3) is 0.263. The zero-order valence-corrected chi connectivity index (χ0v) is 16.8. The second kappa shape index (κ2) is 10.4. The Labute approximate surface area is 172 Å². The van der Waals surface area contributed by atoms with Crippen molar-refractivity contribution in [1.29, 1.82) is 0 Å². The number of benzene rings is 2. The Morgan fingerprint density at radius 2 is 1.74 bits per heavy atom. The molecule has 8 heteroatoms. The molecule has 0 fully saturated rings. The molecule has 0 saturated carbocycles. The lowest BCUT2D eigenvalue weighted by molar-refractivity contribution is -0.147. The number of nitrogens with one attached hydrogen (secondary N) is 1. The van der Waals surface area contributed by atoms with Crippen molar-refractivity contribution in [1.82, 2.24) is 0 Å². The molecule has 0 heterocycles. The van der Waals surface area contributed by atoms with E-state index in [2.05, 4.69) is 5.32 Å². The first kappa shape index (κ1) is 21.4. The van der Waals surface area contributed by atoms with Gasteiger partial charge in [0.1, 0.15) is 5.75 Å². The fourth-order valence-corrected chi connectivity index (χ4v) is 2.76. The average molecular weight is 431 g/mol. The van der Waals surface area contributed by atoms with Crippen LogP contribution in [0.2, 0.25) is 15.1 Å². The maximum Gasteiger partial charge on any atom is 0.306 e. The van der Waals surface area contributed by atoms with Gasteiger partial charge in [-0.15, -0.1) is 0 Å². The minimum absolute atomic E-state index is 0.120. The maximum atomic E-state index is 11.9. The number of halogens is 3. The van der Waals surface area contributed by atoms with E-state index < -0.39 is 11.9 Å². The maximum absolute atomic E-state index is 11.9. The molecule has 1 N–H and O–H groups in total. The fourth-order valence-electron chi connectivity index (χ4n) is 2.12. The van der Waals surface area contributed by atoms with Gasteiger partial charge in [0.25, 0.3) is 5.91 Å². The number of ether oxygens (including phenoxy) is 2. The van der Waals surface area contributed by atoms with Crippen LogP contribution in [0.5, 0.6) is 5.75 Å². The molecular formula is C19H18Cl3NO4. The molecule has 0 aliphatic carbocycles. The Morgan fingerprint density at radius 1 is 1.04 bits per heavy atom. The van der Waals surface area contributed by atoms with Crippen molar-refractivity contribution in [2.75, 3.05) is 18.5 Å². The Balaban J connectivity index is 1.67. The van der Waals surface area contributed by atoms with Crippen LogP contribution in [0.4, 0.5) is 5.69 Å². The second-order valence-electron chi connectivity index (χ2n) is 5.69. The topological polar surface area (TPSA) is 64.6 Å². The predicted molar refractivity (Wildman–Crippen MR) is 107 cm³/mol. The summed E-state index contributed by atoms with van der Waals surface area (Å²) >= 11 is 17.7. The van der Waals surface area contributed by atoms with E-state index in [1.165, 1.54) is 0 Å². The molecule has 0 bridgehead atoms. The minimum atomic E-state index is -0.487. The first-order chi connectivity index (χ1) is 12.8. The molecule has 0 atom stereocenters. The Hall–Kier alpha value is -1.95. The van der Waals surface area contributed by atoms with Crippen molar-refractivity contribution in [2.45, 2.75) is 19.8 Å². The van der Waals surface area contributed by atoms with Gasteiger partial charge in [-0.25, -0.2) is 0 Å². The molecule has 0 aliphatic rings. The van der Waals surface area contributed by atoms with Crippen molar-refractivity contribution in [3.05, 3.63) is 57.0 Å².